The third-order valence-electron chi connectivity index (χ3n) is 3.98. The van der Waals surface area contributed by atoms with Crippen LogP contribution < -0.4 is 5.32 Å². The zero-order chi connectivity index (χ0) is 13.1. The largest absolute Gasteiger partial charge is 0.356 e. The predicted octanol–water partition coefficient (Wildman–Crippen LogP) is 1.55. The van der Waals surface area contributed by atoms with Crippen molar-refractivity contribution in [1.82, 2.24) is 10.2 Å². The van der Waals surface area contributed by atoms with Crippen LogP contribution in [0, 0.1) is 11.8 Å². The van der Waals surface area contributed by atoms with Gasteiger partial charge in [0.1, 0.15) is 0 Å². The van der Waals surface area contributed by atoms with Crippen molar-refractivity contribution in [2.45, 2.75) is 52.0 Å². The van der Waals surface area contributed by atoms with Crippen LogP contribution in [0.3, 0.4) is 0 Å². The lowest BCUT2D eigenvalue weighted by molar-refractivity contribution is -0.130. The third-order valence-corrected chi connectivity index (χ3v) is 3.98. The van der Waals surface area contributed by atoms with E-state index in [-0.39, 0.29) is 17.7 Å². The summed E-state index contributed by atoms with van der Waals surface area (Å²) in [6, 6.07) is 0.403. The molecule has 4 nitrogen and oxygen atoms in total. The smallest absolute Gasteiger partial charge is 0.225 e. The Bertz CT molecular complexity index is 322. The quantitative estimate of drug-likeness (QED) is 0.825. The average molecular weight is 252 g/mol. The monoisotopic (exact) mass is 252 g/mol. The number of amides is 2. The molecule has 1 N–H and O–H groups in total. The molecule has 2 rings (SSSR count). The first-order valence-electron chi connectivity index (χ1n) is 7.15. The fourth-order valence-electron chi connectivity index (χ4n) is 2.93. The van der Waals surface area contributed by atoms with E-state index in [1.54, 1.807) is 0 Å². The molecule has 1 aliphatic carbocycles. The van der Waals surface area contributed by atoms with Crippen molar-refractivity contribution >= 4 is 11.8 Å². The van der Waals surface area contributed by atoms with Crippen molar-refractivity contribution < 1.29 is 9.59 Å². The van der Waals surface area contributed by atoms with E-state index in [0.29, 0.717) is 31.5 Å². The Balaban J connectivity index is 1.85. The lowest BCUT2D eigenvalue weighted by Gasteiger charge is -2.23. The molecule has 0 aromatic heterocycles. The Hall–Kier alpha value is -1.06. The van der Waals surface area contributed by atoms with Crippen LogP contribution in [0.4, 0.5) is 0 Å². The topological polar surface area (TPSA) is 49.4 Å². The Morgan fingerprint density at radius 3 is 2.67 bits per heavy atom. The van der Waals surface area contributed by atoms with Crippen molar-refractivity contribution in [3.8, 4) is 0 Å². The van der Waals surface area contributed by atoms with Crippen molar-refractivity contribution in [3.63, 3.8) is 0 Å². The van der Waals surface area contributed by atoms with Crippen molar-refractivity contribution in [1.29, 1.82) is 0 Å². The van der Waals surface area contributed by atoms with Crippen molar-refractivity contribution in [2.24, 2.45) is 11.8 Å². The van der Waals surface area contributed by atoms with Gasteiger partial charge in [-0.2, -0.15) is 0 Å². The number of nitrogens with zero attached hydrogens (tertiary/aromatic N) is 1. The van der Waals surface area contributed by atoms with Gasteiger partial charge in [0, 0.05) is 25.6 Å². The fourth-order valence-corrected chi connectivity index (χ4v) is 2.93. The van der Waals surface area contributed by atoms with Gasteiger partial charge in [0.2, 0.25) is 11.8 Å². The molecule has 1 saturated heterocycles. The van der Waals surface area contributed by atoms with Crippen molar-refractivity contribution in [2.75, 3.05) is 13.1 Å². The van der Waals surface area contributed by atoms with E-state index in [0.717, 1.165) is 12.8 Å². The minimum atomic E-state index is -0.128. The maximum atomic E-state index is 12.0. The van der Waals surface area contributed by atoms with Gasteiger partial charge >= 0.3 is 0 Å². The van der Waals surface area contributed by atoms with Gasteiger partial charge in [-0.15, -0.1) is 0 Å². The zero-order valence-electron chi connectivity index (χ0n) is 11.4. The van der Waals surface area contributed by atoms with Gasteiger partial charge in [-0.1, -0.05) is 26.7 Å². The highest BCUT2D eigenvalue weighted by Gasteiger charge is 2.38. The summed E-state index contributed by atoms with van der Waals surface area (Å²) in [7, 11) is 0. The van der Waals surface area contributed by atoms with E-state index in [9.17, 15) is 9.59 Å². The van der Waals surface area contributed by atoms with E-state index in [1.165, 1.54) is 12.8 Å². The molecule has 1 aliphatic heterocycles. The SMILES string of the molecule is CC(C)CNC(=O)[C@@H]1CC(=O)N(C2CCCC2)C1. The second kappa shape index (κ2) is 5.72. The van der Waals surface area contributed by atoms with Gasteiger partial charge in [0.15, 0.2) is 0 Å². The van der Waals surface area contributed by atoms with Gasteiger partial charge in [-0.3, -0.25) is 9.59 Å². The number of nitrogens with one attached hydrogen (secondary N) is 1. The standard InChI is InChI=1S/C14H24N2O2/c1-10(2)8-15-14(18)11-7-13(17)16(9-11)12-5-3-4-6-12/h10-12H,3-9H2,1-2H3,(H,15,18)/t11-/m1/s1. The van der Waals surface area contributed by atoms with E-state index in [4.69, 9.17) is 0 Å². The van der Waals surface area contributed by atoms with Gasteiger partial charge < -0.3 is 10.2 Å². The summed E-state index contributed by atoms with van der Waals surface area (Å²) in [4.78, 5) is 25.9. The maximum absolute atomic E-state index is 12.0. The summed E-state index contributed by atoms with van der Waals surface area (Å²) in [5.41, 5.74) is 0. The third kappa shape index (κ3) is 3.03. The van der Waals surface area contributed by atoms with E-state index < -0.39 is 0 Å². The van der Waals surface area contributed by atoms with E-state index in [2.05, 4.69) is 19.2 Å². The summed E-state index contributed by atoms with van der Waals surface area (Å²) in [5.74, 6) is 0.554. The highest BCUT2D eigenvalue weighted by atomic mass is 16.2. The zero-order valence-corrected chi connectivity index (χ0v) is 11.4. The van der Waals surface area contributed by atoms with Crippen LogP contribution in [0.5, 0.6) is 0 Å². The second-order valence-corrected chi connectivity index (χ2v) is 6.02. The summed E-state index contributed by atoms with van der Waals surface area (Å²) in [6.07, 6.45) is 5.08. The highest BCUT2D eigenvalue weighted by molar-refractivity contribution is 5.89. The molecule has 2 aliphatic rings. The molecule has 0 radical (unpaired) electrons. The maximum Gasteiger partial charge on any atom is 0.225 e. The van der Waals surface area contributed by atoms with E-state index in [1.807, 2.05) is 4.90 Å². The summed E-state index contributed by atoms with van der Waals surface area (Å²) in [5, 5.41) is 2.94. The molecule has 0 bridgehead atoms. The minimum absolute atomic E-state index is 0.0533. The van der Waals surface area contributed by atoms with Crippen molar-refractivity contribution in [3.05, 3.63) is 0 Å². The first-order chi connectivity index (χ1) is 8.58. The van der Waals surface area contributed by atoms with Gasteiger partial charge in [0.05, 0.1) is 5.92 Å². The second-order valence-electron chi connectivity index (χ2n) is 6.02. The Kier molecular flexibility index (Phi) is 4.25. The molecule has 1 heterocycles. The Labute approximate surface area is 109 Å². The van der Waals surface area contributed by atoms with Crippen LogP contribution in [-0.4, -0.2) is 35.8 Å². The first-order valence-corrected chi connectivity index (χ1v) is 7.15. The summed E-state index contributed by atoms with van der Waals surface area (Å²) >= 11 is 0. The summed E-state index contributed by atoms with van der Waals surface area (Å²) in [6.45, 7) is 5.48. The molecule has 18 heavy (non-hydrogen) atoms. The molecule has 102 valence electrons. The van der Waals surface area contributed by atoms with Crippen LogP contribution in [0.2, 0.25) is 0 Å². The van der Waals surface area contributed by atoms with Crippen LogP contribution >= 0.6 is 0 Å². The molecule has 0 aromatic rings. The van der Waals surface area contributed by atoms with Crippen LogP contribution in [0.25, 0.3) is 0 Å². The lowest BCUT2D eigenvalue weighted by atomic mass is 10.1. The Morgan fingerprint density at radius 1 is 1.39 bits per heavy atom. The van der Waals surface area contributed by atoms with Gasteiger partial charge in [0.25, 0.3) is 0 Å². The number of hydrogen-bond donors (Lipinski definition) is 1. The fraction of sp³-hybridized carbons (Fsp3) is 0.857. The summed E-state index contributed by atoms with van der Waals surface area (Å²) < 4.78 is 0. The molecule has 1 atom stereocenters. The molecular weight excluding hydrogens is 228 g/mol. The molecule has 0 spiro atoms. The lowest BCUT2D eigenvalue weighted by Crippen LogP contribution is -2.37. The number of likely N-dealkylation sites (tertiary alicyclic amines) is 1. The van der Waals surface area contributed by atoms with Gasteiger partial charge in [-0.05, 0) is 18.8 Å². The van der Waals surface area contributed by atoms with Crippen LogP contribution in [0.15, 0.2) is 0 Å². The molecule has 2 amide bonds. The molecular formula is C14H24N2O2. The number of hydrogen-bond acceptors (Lipinski definition) is 2. The first kappa shape index (κ1) is 13.4. The normalized spacial score (nSPS) is 25.2. The van der Waals surface area contributed by atoms with Crippen LogP contribution in [-0.2, 0) is 9.59 Å². The van der Waals surface area contributed by atoms with E-state index >= 15 is 0 Å². The Morgan fingerprint density at radius 2 is 2.06 bits per heavy atom. The van der Waals surface area contributed by atoms with Gasteiger partial charge in [-0.25, -0.2) is 0 Å². The highest BCUT2D eigenvalue weighted by Crippen LogP contribution is 2.29. The number of rotatable bonds is 4. The molecule has 4 heteroatoms. The number of carbonyl (C=O) groups excluding carboxylic acids is 2. The molecule has 0 aromatic carbocycles. The average Bonchev–Trinajstić information content (AvgIpc) is 2.94. The minimum Gasteiger partial charge on any atom is -0.356 e. The number of carbonyl (C=O) groups is 2. The van der Waals surface area contributed by atoms with Crippen LogP contribution in [0.1, 0.15) is 46.0 Å². The molecule has 2 fully saturated rings. The molecule has 1 saturated carbocycles. The predicted molar refractivity (Wildman–Crippen MR) is 69.9 cm³/mol. The molecule has 0 unspecified atom stereocenters.